The van der Waals surface area contributed by atoms with Gasteiger partial charge in [-0.3, -0.25) is 9.59 Å². The number of aryl methyl sites for hydroxylation is 1. The number of hydrogen-bond donors (Lipinski definition) is 1. The summed E-state index contributed by atoms with van der Waals surface area (Å²) in [5, 5.41) is 2.73. The summed E-state index contributed by atoms with van der Waals surface area (Å²) in [6.07, 6.45) is 1.23. The molecule has 0 radical (unpaired) electrons. The van der Waals surface area contributed by atoms with Crippen molar-refractivity contribution in [1.29, 1.82) is 0 Å². The van der Waals surface area contributed by atoms with E-state index >= 15 is 0 Å². The summed E-state index contributed by atoms with van der Waals surface area (Å²) < 4.78 is 12.1. The standard InChI is InChI=1S/C17H20N2O4/c1-19-10-6-8-13(17(19)21)16(20)18-11-15(23-3)12-7-4-5-9-14(12)22-2/h4-10,15H,11H2,1-3H3,(H,18,20). The molecule has 1 amide bonds. The van der Waals surface area contributed by atoms with Crippen LogP contribution in [-0.2, 0) is 11.8 Å². The fourth-order valence-electron chi connectivity index (χ4n) is 2.30. The predicted octanol–water partition coefficient (Wildman–Crippen LogP) is 1.51. The van der Waals surface area contributed by atoms with Gasteiger partial charge >= 0.3 is 0 Å². The van der Waals surface area contributed by atoms with Gasteiger partial charge in [-0.25, -0.2) is 0 Å². The van der Waals surface area contributed by atoms with Crippen molar-refractivity contribution < 1.29 is 14.3 Å². The van der Waals surface area contributed by atoms with Gasteiger partial charge in [0.1, 0.15) is 17.4 Å². The molecule has 1 N–H and O–H groups in total. The first kappa shape index (κ1) is 16.8. The molecule has 6 nitrogen and oxygen atoms in total. The minimum absolute atomic E-state index is 0.102. The van der Waals surface area contributed by atoms with Crippen molar-refractivity contribution in [1.82, 2.24) is 9.88 Å². The predicted molar refractivity (Wildman–Crippen MR) is 86.8 cm³/mol. The van der Waals surface area contributed by atoms with Gasteiger partial charge in [0, 0.05) is 32.5 Å². The Bertz CT molecular complexity index is 739. The van der Waals surface area contributed by atoms with Crippen LogP contribution in [0.25, 0.3) is 0 Å². The highest BCUT2D eigenvalue weighted by molar-refractivity contribution is 5.93. The number of hydrogen-bond acceptors (Lipinski definition) is 4. The maximum atomic E-state index is 12.2. The van der Waals surface area contributed by atoms with E-state index < -0.39 is 5.91 Å². The van der Waals surface area contributed by atoms with Crippen LogP contribution in [0.2, 0.25) is 0 Å². The Morgan fingerprint density at radius 3 is 2.65 bits per heavy atom. The third-order valence-electron chi connectivity index (χ3n) is 3.59. The number of pyridine rings is 1. The molecule has 0 saturated heterocycles. The number of carbonyl (C=O) groups excluding carboxylic acids is 1. The molecule has 2 rings (SSSR count). The number of carbonyl (C=O) groups is 1. The Morgan fingerprint density at radius 1 is 1.22 bits per heavy atom. The average Bonchev–Trinajstić information content (AvgIpc) is 2.58. The highest BCUT2D eigenvalue weighted by atomic mass is 16.5. The summed E-state index contributed by atoms with van der Waals surface area (Å²) in [4.78, 5) is 24.2. The zero-order valence-electron chi connectivity index (χ0n) is 13.4. The Kier molecular flexibility index (Phi) is 5.54. The van der Waals surface area contributed by atoms with Gasteiger partial charge in [0.2, 0.25) is 0 Å². The van der Waals surface area contributed by atoms with E-state index in [0.29, 0.717) is 5.75 Å². The molecule has 0 bridgehead atoms. The molecule has 0 aliphatic rings. The van der Waals surface area contributed by atoms with E-state index in [4.69, 9.17) is 9.47 Å². The highest BCUT2D eigenvalue weighted by Crippen LogP contribution is 2.26. The number of para-hydroxylation sites is 1. The number of aromatic nitrogens is 1. The van der Waals surface area contributed by atoms with Gasteiger partial charge in [-0.1, -0.05) is 18.2 Å². The van der Waals surface area contributed by atoms with Gasteiger partial charge in [0.25, 0.3) is 11.5 Å². The zero-order chi connectivity index (χ0) is 16.8. The molecular weight excluding hydrogens is 296 g/mol. The number of nitrogens with zero attached hydrogens (tertiary/aromatic N) is 1. The average molecular weight is 316 g/mol. The maximum Gasteiger partial charge on any atom is 0.263 e. The fraction of sp³-hybridized carbons (Fsp3) is 0.294. The van der Waals surface area contributed by atoms with Crippen LogP contribution in [0.1, 0.15) is 22.0 Å². The van der Waals surface area contributed by atoms with Gasteiger partial charge in [0.05, 0.1) is 7.11 Å². The molecule has 1 aromatic carbocycles. The van der Waals surface area contributed by atoms with E-state index in [1.54, 1.807) is 33.5 Å². The smallest absolute Gasteiger partial charge is 0.263 e. The van der Waals surface area contributed by atoms with Crippen molar-refractivity contribution >= 4 is 5.91 Å². The molecule has 0 spiro atoms. The molecule has 0 saturated carbocycles. The number of nitrogens with one attached hydrogen (secondary N) is 1. The Morgan fingerprint density at radius 2 is 1.96 bits per heavy atom. The first-order chi connectivity index (χ1) is 11.1. The van der Waals surface area contributed by atoms with Crippen LogP contribution in [0.4, 0.5) is 0 Å². The molecular formula is C17H20N2O4. The second kappa shape index (κ2) is 7.60. The van der Waals surface area contributed by atoms with Gasteiger partial charge < -0.3 is 19.4 Å². The van der Waals surface area contributed by atoms with Crippen LogP contribution < -0.4 is 15.6 Å². The van der Waals surface area contributed by atoms with E-state index in [0.717, 1.165) is 5.56 Å². The highest BCUT2D eigenvalue weighted by Gasteiger charge is 2.18. The molecule has 23 heavy (non-hydrogen) atoms. The Balaban J connectivity index is 2.13. The molecule has 1 heterocycles. The normalized spacial score (nSPS) is 11.8. The lowest BCUT2D eigenvalue weighted by atomic mass is 10.1. The molecule has 1 unspecified atom stereocenters. The lowest BCUT2D eigenvalue weighted by Crippen LogP contribution is -2.34. The SMILES string of the molecule is COc1ccccc1C(CNC(=O)c1cccn(C)c1=O)OC. The number of amides is 1. The molecule has 0 aliphatic carbocycles. The fourth-order valence-corrected chi connectivity index (χ4v) is 2.30. The maximum absolute atomic E-state index is 12.2. The molecule has 6 heteroatoms. The molecule has 1 atom stereocenters. The van der Waals surface area contributed by atoms with Crippen LogP contribution in [0.5, 0.6) is 5.75 Å². The van der Waals surface area contributed by atoms with E-state index in [-0.39, 0.29) is 23.8 Å². The van der Waals surface area contributed by atoms with Crippen LogP contribution in [0, 0.1) is 0 Å². The van der Waals surface area contributed by atoms with Crippen LogP contribution >= 0.6 is 0 Å². The Hall–Kier alpha value is -2.60. The van der Waals surface area contributed by atoms with Gasteiger partial charge in [-0.2, -0.15) is 0 Å². The third kappa shape index (κ3) is 3.78. The minimum atomic E-state index is -0.428. The van der Waals surface area contributed by atoms with Crippen molar-refractivity contribution in [2.45, 2.75) is 6.10 Å². The molecule has 0 fully saturated rings. The number of ether oxygens (including phenoxy) is 2. The molecule has 1 aromatic heterocycles. The van der Waals surface area contributed by atoms with Crippen molar-refractivity contribution in [3.8, 4) is 5.75 Å². The first-order valence-corrected chi connectivity index (χ1v) is 7.18. The number of methoxy groups -OCH3 is 2. The van der Waals surface area contributed by atoms with Gasteiger partial charge in [-0.05, 0) is 18.2 Å². The minimum Gasteiger partial charge on any atom is -0.496 e. The van der Waals surface area contributed by atoms with E-state index in [9.17, 15) is 9.59 Å². The van der Waals surface area contributed by atoms with Gasteiger partial charge in [0.15, 0.2) is 0 Å². The largest absolute Gasteiger partial charge is 0.496 e. The summed E-state index contributed by atoms with van der Waals surface area (Å²) in [6, 6.07) is 10.6. The first-order valence-electron chi connectivity index (χ1n) is 7.18. The van der Waals surface area contributed by atoms with Crippen molar-refractivity contribution in [2.75, 3.05) is 20.8 Å². The summed E-state index contributed by atoms with van der Waals surface area (Å²) in [7, 11) is 4.74. The monoisotopic (exact) mass is 316 g/mol. The molecule has 2 aromatic rings. The molecule has 0 aliphatic heterocycles. The van der Waals surface area contributed by atoms with E-state index in [1.807, 2.05) is 24.3 Å². The lowest BCUT2D eigenvalue weighted by molar-refractivity contribution is 0.0817. The van der Waals surface area contributed by atoms with Crippen LogP contribution in [0.15, 0.2) is 47.4 Å². The van der Waals surface area contributed by atoms with Crippen LogP contribution in [0.3, 0.4) is 0 Å². The van der Waals surface area contributed by atoms with E-state index in [1.165, 1.54) is 10.6 Å². The summed E-state index contributed by atoms with van der Waals surface area (Å²) >= 11 is 0. The van der Waals surface area contributed by atoms with Crippen molar-refractivity contribution in [3.63, 3.8) is 0 Å². The second-order valence-electron chi connectivity index (χ2n) is 5.01. The third-order valence-corrected chi connectivity index (χ3v) is 3.59. The summed E-state index contributed by atoms with van der Waals surface area (Å²) in [5.74, 6) is 0.257. The van der Waals surface area contributed by atoms with Gasteiger partial charge in [-0.15, -0.1) is 0 Å². The van der Waals surface area contributed by atoms with Crippen molar-refractivity contribution in [3.05, 3.63) is 64.1 Å². The summed E-state index contributed by atoms with van der Waals surface area (Å²) in [6.45, 7) is 0.230. The Labute approximate surface area is 134 Å². The van der Waals surface area contributed by atoms with Crippen molar-refractivity contribution in [2.24, 2.45) is 7.05 Å². The molecule has 122 valence electrons. The zero-order valence-corrected chi connectivity index (χ0v) is 13.4. The number of rotatable bonds is 6. The summed E-state index contributed by atoms with van der Waals surface area (Å²) in [5.41, 5.74) is 0.597. The van der Waals surface area contributed by atoms with Crippen LogP contribution in [-0.4, -0.2) is 31.2 Å². The topological polar surface area (TPSA) is 69.6 Å². The second-order valence-corrected chi connectivity index (χ2v) is 5.01. The lowest BCUT2D eigenvalue weighted by Gasteiger charge is -2.19. The van der Waals surface area contributed by atoms with E-state index in [2.05, 4.69) is 5.32 Å². The number of benzene rings is 1. The quantitative estimate of drug-likeness (QED) is 0.877.